The summed E-state index contributed by atoms with van der Waals surface area (Å²) in [4.78, 5) is 28.8. The Kier molecular flexibility index (Phi) is 4.75. The zero-order valence-corrected chi connectivity index (χ0v) is 15.0. The number of hydrogen-bond donors (Lipinski definition) is 1. The molecule has 2 aromatic carbocycles. The second kappa shape index (κ2) is 7.50. The van der Waals surface area contributed by atoms with Crippen molar-refractivity contribution in [3.8, 4) is 0 Å². The lowest BCUT2D eigenvalue weighted by Gasteiger charge is -2.12. The molecule has 0 aliphatic carbocycles. The first-order chi connectivity index (χ1) is 13.2. The number of nitrogens with one attached hydrogen (secondary N) is 1. The molecule has 2 heterocycles. The molecule has 4 aromatic rings. The molecule has 5 nitrogen and oxygen atoms in total. The van der Waals surface area contributed by atoms with E-state index in [2.05, 4.69) is 4.98 Å². The minimum atomic E-state index is -0.258. The Morgan fingerprint density at radius 3 is 1.85 bits per heavy atom. The van der Waals surface area contributed by atoms with Crippen LogP contribution in [0.25, 0.3) is 11.0 Å². The maximum Gasteiger partial charge on any atom is 0.331 e. The van der Waals surface area contributed by atoms with Crippen molar-refractivity contribution >= 4 is 11.0 Å². The lowest BCUT2D eigenvalue weighted by molar-refractivity contribution is 0.568. The minimum Gasteiger partial charge on any atom is -0.355 e. The molecule has 0 saturated carbocycles. The van der Waals surface area contributed by atoms with Crippen LogP contribution in [0.3, 0.4) is 0 Å². The SMILES string of the molecule is O=c1c2[nH]ccc2n(CCc2ccccc2)c(=O)n1CCc1ccccc1. The molecule has 0 atom stereocenters. The Balaban J connectivity index is 1.69. The van der Waals surface area contributed by atoms with Gasteiger partial charge in [0.15, 0.2) is 0 Å². The van der Waals surface area contributed by atoms with E-state index in [1.807, 2.05) is 60.7 Å². The van der Waals surface area contributed by atoms with Crippen molar-refractivity contribution in [1.29, 1.82) is 0 Å². The first-order valence-corrected chi connectivity index (χ1v) is 9.12. The van der Waals surface area contributed by atoms with Crippen molar-refractivity contribution in [2.24, 2.45) is 0 Å². The smallest absolute Gasteiger partial charge is 0.331 e. The van der Waals surface area contributed by atoms with Gasteiger partial charge in [-0.25, -0.2) is 4.79 Å². The Labute approximate surface area is 156 Å². The maximum absolute atomic E-state index is 13.1. The van der Waals surface area contributed by atoms with Crippen LogP contribution in [-0.4, -0.2) is 14.1 Å². The molecule has 0 amide bonds. The Bertz CT molecular complexity index is 1160. The van der Waals surface area contributed by atoms with Gasteiger partial charge in [0.2, 0.25) is 0 Å². The molecule has 5 heteroatoms. The fraction of sp³-hybridized carbons (Fsp3) is 0.182. The lowest BCUT2D eigenvalue weighted by Crippen LogP contribution is -2.40. The summed E-state index contributed by atoms with van der Waals surface area (Å²) in [6.45, 7) is 0.894. The molecule has 2 aromatic heterocycles. The number of rotatable bonds is 6. The predicted octanol–water partition coefficient (Wildman–Crippen LogP) is 2.98. The van der Waals surface area contributed by atoms with E-state index in [4.69, 9.17) is 0 Å². The van der Waals surface area contributed by atoms with Crippen LogP contribution >= 0.6 is 0 Å². The van der Waals surface area contributed by atoms with Crippen LogP contribution < -0.4 is 11.2 Å². The van der Waals surface area contributed by atoms with Crippen LogP contribution in [0.15, 0.2) is 82.5 Å². The summed E-state index contributed by atoms with van der Waals surface area (Å²) < 4.78 is 3.04. The quantitative estimate of drug-likeness (QED) is 0.575. The summed E-state index contributed by atoms with van der Waals surface area (Å²) >= 11 is 0. The average Bonchev–Trinajstić information content (AvgIpc) is 3.19. The number of benzene rings is 2. The van der Waals surface area contributed by atoms with Gasteiger partial charge < -0.3 is 4.98 Å². The van der Waals surface area contributed by atoms with E-state index in [1.165, 1.54) is 4.57 Å². The van der Waals surface area contributed by atoms with Crippen LogP contribution in [0.2, 0.25) is 0 Å². The Morgan fingerprint density at radius 1 is 0.704 bits per heavy atom. The van der Waals surface area contributed by atoms with E-state index < -0.39 is 0 Å². The summed E-state index contributed by atoms with van der Waals surface area (Å²) in [6.07, 6.45) is 3.09. The monoisotopic (exact) mass is 359 g/mol. The summed E-state index contributed by atoms with van der Waals surface area (Å²) in [6, 6.07) is 21.7. The zero-order chi connectivity index (χ0) is 18.6. The highest BCUT2D eigenvalue weighted by molar-refractivity contribution is 5.74. The second-order valence-electron chi connectivity index (χ2n) is 6.60. The van der Waals surface area contributed by atoms with Crippen molar-refractivity contribution in [1.82, 2.24) is 14.1 Å². The number of aromatic amines is 1. The van der Waals surface area contributed by atoms with Gasteiger partial charge in [-0.2, -0.15) is 0 Å². The van der Waals surface area contributed by atoms with Gasteiger partial charge in [0, 0.05) is 19.3 Å². The van der Waals surface area contributed by atoms with Crippen LogP contribution in [0, 0.1) is 0 Å². The number of aryl methyl sites for hydroxylation is 3. The number of fused-ring (bicyclic) bond motifs is 1. The molecule has 136 valence electrons. The Morgan fingerprint density at radius 2 is 1.26 bits per heavy atom. The van der Waals surface area contributed by atoms with Gasteiger partial charge in [-0.15, -0.1) is 0 Å². The van der Waals surface area contributed by atoms with E-state index in [1.54, 1.807) is 16.8 Å². The van der Waals surface area contributed by atoms with Crippen molar-refractivity contribution in [2.75, 3.05) is 0 Å². The molecule has 0 spiro atoms. The van der Waals surface area contributed by atoms with E-state index >= 15 is 0 Å². The van der Waals surface area contributed by atoms with Crippen molar-refractivity contribution in [3.05, 3.63) is 105 Å². The number of H-pyrrole nitrogens is 1. The predicted molar refractivity (Wildman–Crippen MR) is 107 cm³/mol. The van der Waals surface area contributed by atoms with E-state index in [0.717, 1.165) is 17.5 Å². The summed E-state index contributed by atoms with van der Waals surface area (Å²) in [5, 5.41) is 0. The summed E-state index contributed by atoms with van der Waals surface area (Å²) in [7, 11) is 0. The number of aromatic nitrogens is 3. The molecule has 0 radical (unpaired) electrons. The van der Waals surface area contributed by atoms with E-state index in [9.17, 15) is 9.59 Å². The first kappa shape index (κ1) is 17.1. The third kappa shape index (κ3) is 3.49. The average molecular weight is 359 g/mol. The first-order valence-electron chi connectivity index (χ1n) is 9.12. The number of nitrogens with zero attached hydrogens (tertiary/aromatic N) is 2. The topological polar surface area (TPSA) is 59.8 Å². The van der Waals surface area contributed by atoms with Gasteiger partial charge in [-0.05, 0) is 30.0 Å². The molecule has 27 heavy (non-hydrogen) atoms. The summed E-state index contributed by atoms with van der Waals surface area (Å²) in [5.74, 6) is 0. The fourth-order valence-corrected chi connectivity index (χ4v) is 3.41. The Hall–Kier alpha value is -3.34. The highest BCUT2D eigenvalue weighted by Crippen LogP contribution is 2.08. The highest BCUT2D eigenvalue weighted by atomic mass is 16.2. The molecule has 1 N–H and O–H groups in total. The van der Waals surface area contributed by atoms with Gasteiger partial charge in [-0.3, -0.25) is 13.9 Å². The molecule has 0 unspecified atom stereocenters. The van der Waals surface area contributed by atoms with Gasteiger partial charge in [0.05, 0.1) is 5.52 Å². The minimum absolute atomic E-state index is 0.251. The van der Waals surface area contributed by atoms with E-state index in [-0.39, 0.29) is 11.2 Å². The van der Waals surface area contributed by atoms with E-state index in [0.29, 0.717) is 30.5 Å². The standard InChI is InChI=1S/C22H21N3O2/c26-21-20-19(11-14-23-20)24(15-12-17-7-3-1-4-8-17)22(27)25(21)16-13-18-9-5-2-6-10-18/h1-11,14,23H,12-13,15-16H2. The van der Waals surface area contributed by atoms with Crippen molar-refractivity contribution in [3.63, 3.8) is 0 Å². The van der Waals surface area contributed by atoms with Gasteiger partial charge in [0.25, 0.3) is 5.56 Å². The third-order valence-corrected chi connectivity index (χ3v) is 4.87. The van der Waals surface area contributed by atoms with Crippen molar-refractivity contribution in [2.45, 2.75) is 25.9 Å². The van der Waals surface area contributed by atoms with Crippen LogP contribution in [0.5, 0.6) is 0 Å². The van der Waals surface area contributed by atoms with Crippen LogP contribution in [-0.2, 0) is 25.9 Å². The highest BCUT2D eigenvalue weighted by Gasteiger charge is 2.14. The van der Waals surface area contributed by atoms with Gasteiger partial charge in [-0.1, -0.05) is 60.7 Å². The molecule has 0 fully saturated rings. The van der Waals surface area contributed by atoms with Crippen LogP contribution in [0.4, 0.5) is 0 Å². The molecule has 0 bridgehead atoms. The normalized spacial score (nSPS) is 11.1. The molecule has 0 aliphatic rings. The molecule has 0 aliphatic heterocycles. The van der Waals surface area contributed by atoms with Gasteiger partial charge >= 0.3 is 5.69 Å². The largest absolute Gasteiger partial charge is 0.355 e. The maximum atomic E-state index is 13.1. The molecule has 0 saturated heterocycles. The van der Waals surface area contributed by atoms with Crippen molar-refractivity contribution < 1.29 is 0 Å². The van der Waals surface area contributed by atoms with Crippen LogP contribution in [0.1, 0.15) is 11.1 Å². The molecular weight excluding hydrogens is 338 g/mol. The third-order valence-electron chi connectivity index (χ3n) is 4.87. The molecular formula is C22H21N3O2. The lowest BCUT2D eigenvalue weighted by atomic mass is 10.1. The van der Waals surface area contributed by atoms with Gasteiger partial charge in [0.1, 0.15) is 5.52 Å². The number of hydrogen-bond acceptors (Lipinski definition) is 2. The second-order valence-corrected chi connectivity index (χ2v) is 6.60. The summed E-state index contributed by atoms with van der Waals surface area (Å²) in [5.41, 5.74) is 2.90. The fourth-order valence-electron chi connectivity index (χ4n) is 3.41. The zero-order valence-electron chi connectivity index (χ0n) is 15.0. The molecule has 4 rings (SSSR count).